The number of fused-ring (bicyclic) bond motifs is 1. The van der Waals surface area contributed by atoms with Gasteiger partial charge in [0.1, 0.15) is 7.05 Å². The lowest BCUT2D eigenvalue weighted by atomic mass is 10.0. The molecule has 25 heavy (non-hydrogen) atoms. The van der Waals surface area contributed by atoms with E-state index in [1.807, 2.05) is 25.3 Å². The average molecular weight is 444 g/mol. The Hall–Kier alpha value is -2.54. The van der Waals surface area contributed by atoms with Crippen molar-refractivity contribution < 1.29 is 33.5 Å². The lowest BCUT2D eigenvalue weighted by molar-refractivity contribution is -0.646. The zero-order valence-corrected chi connectivity index (χ0v) is 15.9. The highest BCUT2D eigenvalue weighted by Crippen LogP contribution is 2.22. The van der Waals surface area contributed by atoms with E-state index in [2.05, 4.69) is 35.4 Å². The largest absolute Gasteiger partial charge is 1.00 e. The van der Waals surface area contributed by atoms with Crippen LogP contribution in [0.1, 0.15) is 11.3 Å². The molecule has 0 atom stereocenters. The molecule has 3 rings (SSSR count). The Morgan fingerprint density at radius 2 is 1.76 bits per heavy atom. The van der Waals surface area contributed by atoms with E-state index in [-0.39, 0.29) is 29.7 Å². The van der Waals surface area contributed by atoms with E-state index in [1.54, 1.807) is 18.2 Å². The maximum Gasteiger partial charge on any atom is 0.269 e. The molecule has 1 heterocycles. The number of hydrogen-bond donors (Lipinski definition) is 0. The predicted molar refractivity (Wildman–Crippen MR) is 96.3 cm³/mol. The molecule has 0 fully saturated rings. The third-order valence-corrected chi connectivity index (χ3v) is 4.05. The fraction of sp³-hybridized carbons (Fsp3) is 0.0500. The minimum absolute atomic E-state index is 0. The molecule has 2 aromatic carbocycles. The molecule has 0 N–H and O–H groups in total. The average Bonchev–Trinajstić information content (AvgIpc) is 2.61. The van der Waals surface area contributed by atoms with E-state index in [1.165, 1.54) is 17.5 Å². The van der Waals surface area contributed by atoms with Crippen molar-refractivity contribution in [1.82, 2.24) is 0 Å². The molecule has 1 aromatic heterocycles. The summed E-state index contributed by atoms with van der Waals surface area (Å²) >= 11 is 0. The lowest BCUT2D eigenvalue weighted by Crippen LogP contribution is -3.00. The number of benzene rings is 2. The van der Waals surface area contributed by atoms with Gasteiger partial charge in [-0.05, 0) is 35.4 Å². The van der Waals surface area contributed by atoms with E-state index < -0.39 is 4.92 Å². The van der Waals surface area contributed by atoms with Crippen LogP contribution in [0.4, 0.5) is 5.69 Å². The Labute approximate surface area is 163 Å². The fourth-order valence-corrected chi connectivity index (χ4v) is 2.70. The lowest BCUT2D eigenvalue weighted by Gasteiger charge is -2.04. The van der Waals surface area contributed by atoms with Crippen LogP contribution >= 0.6 is 0 Å². The summed E-state index contributed by atoms with van der Waals surface area (Å²) in [5, 5.41) is 12.0. The van der Waals surface area contributed by atoms with Crippen molar-refractivity contribution in [3.63, 3.8) is 0 Å². The Balaban J connectivity index is 0.00000225. The SMILES string of the molecule is C=CC(=Cc1ccc2ccccc2[n+]1C)c1ccc([N+](=O)[O-])cc1.[I-]. The molecule has 0 bridgehead atoms. The quantitative estimate of drug-likeness (QED) is 0.200. The second-order valence-corrected chi connectivity index (χ2v) is 5.48. The second kappa shape index (κ2) is 8.02. The number of nitrogens with zero attached hydrogens (tertiary/aromatic N) is 2. The van der Waals surface area contributed by atoms with Crippen molar-refractivity contribution in [2.75, 3.05) is 0 Å². The first-order valence-electron chi connectivity index (χ1n) is 7.57. The van der Waals surface area contributed by atoms with Crippen LogP contribution in [-0.2, 0) is 7.05 Å². The summed E-state index contributed by atoms with van der Waals surface area (Å²) in [6.07, 6.45) is 3.79. The van der Waals surface area contributed by atoms with Crippen molar-refractivity contribution in [3.05, 3.63) is 94.7 Å². The number of non-ortho nitro benzene ring substituents is 1. The van der Waals surface area contributed by atoms with Crippen molar-refractivity contribution in [2.24, 2.45) is 7.05 Å². The van der Waals surface area contributed by atoms with Crippen LogP contribution in [0.2, 0.25) is 0 Å². The van der Waals surface area contributed by atoms with Crippen LogP contribution in [0.3, 0.4) is 0 Å². The zero-order valence-electron chi connectivity index (χ0n) is 13.7. The normalized spacial score (nSPS) is 11.0. The smallest absolute Gasteiger partial charge is 0.269 e. The van der Waals surface area contributed by atoms with Crippen LogP contribution < -0.4 is 28.5 Å². The van der Waals surface area contributed by atoms with Crippen LogP contribution in [0, 0.1) is 10.1 Å². The van der Waals surface area contributed by atoms with E-state index in [0.717, 1.165) is 22.3 Å². The third-order valence-electron chi connectivity index (χ3n) is 4.05. The molecule has 0 amide bonds. The van der Waals surface area contributed by atoms with Crippen LogP contribution in [0.15, 0.2) is 73.3 Å². The highest BCUT2D eigenvalue weighted by Gasteiger charge is 2.11. The molecule has 4 nitrogen and oxygen atoms in total. The van der Waals surface area contributed by atoms with Gasteiger partial charge in [-0.3, -0.25) is 10.1 Å². The summed E-state index contributed by atoms with van der Waals surface area (Å²) in [6, 6.07) is 18.8. The predicted octanol–water partition coefficient (Wildman–Crippen LogP) is 1.30. The maximum absolute atomic E-state index is 10.8. The van der Waals surface area contributed by atoms with Crippen molar-refractivity contribution in [3.8, 4) is 0 Å². The van der Waals surface area contributed by atoms with Gasteiger partial charge in [0.05, 0.1) is 4.92 Å². The van der Waals surface area contributed by atoms with Crippen LogP contribution in [0.25, 0.3) is 22.6 Å². The van der Waals surface area contributed by atoms with Gasteiger partial charge in [0.15, 0.2) is 0 Å². The summed E-state index contributed by atoms with van der Waals surface area (Å²) in [7, 11) is 2.02. The minimum Gasteiger partial charge on any atom is -1.00 e. The molecule has 0 spiro atoms. The molecule has 126 valence electrons. The standard InChI is InChI=1S/C20H17N2O2.HI/c1-3-15(16-8-11-18(12-9-16)22(23)24)14-19-13-10-17-6-4-5-7-20(17)21(19)2;/h3-14H,1H2,2H3;1H/q+1;/p-1. The Bertz CT molecular complexity index is 963. The van der Waals surface area contributed by atoms with Gasteiger partial charge < -0.3 is 24.0 Å². The van der Waals surface area contributed by atoms with Gasteiger partial charge in [-0.25, -0.2) is 0 Å². The highest BCUT2D eigenvalue weighted by atomic mass is 127. The fourth-order valence-electron chi connectivity index (χ4n) is 2.70. The maximum atomic E-state index is 10.8. The van der Waals surface area contributed by atoms with Gasteiger partial charge in [0, 0.05) is 35.7 Å². The third kappa shape index (κ3) is 3.93. The Morgan fingerprint density at radius 3 is 2.40 bits per heavy atom. The van der Waals surface area contributed by atoms with Gasteiger partial charge in [0.25, 0.3) is 5.69 Å². The molecule has 0 aliphatic carbocycles. The molecule has 5 heteroatoms. The summed E-state index contributed by atoms with van der Waals surface area (Å²) in [5.41, 5.74) is 4.05. The van der Waals surface area contributed by atoms with E-state index in [4.69, 9.17) is 0 Å². The number of rotatable bonds is 4. The van der Waals surface area contributed by atoms with E-state index >= 15 is 0 Å². The molecule has 0 unspecified atom stereocenters. The molecular formula is C20H17IN2O2. The minimum atomic E-state index is -0.398. The Kier molecular flexibility index (Phi) is 6.03. The zero-order chi connectivity index (χ0) is 17.1. The number of aryl methyl sites for hydroxylation is 1. The summed E-state index contributed by atoms with van der Waals surface area (Å²) in [6.45, 7) is 3.87. The molecule has 0 saturated heterocycles. The van der Waals surface area contributed by atoms with E-state index in [0.29, 0.717) is 0 Å². The molecular weight excluding hydrogens is 427 g/mol. The number of aromatic nitrogens is 1. The highest BCUT2D eigenvalue weighted by molar-refractivity contribution is 5.87. The summed E-state index contributed by atoms with van der Waals surface area (Å²) in [4.78, 5) is 10.4. The van der Waals surface area contributed by atoms with Crippen molar-refractivity contribution in [2.45, 2.75) is 0 Å². The topological polar surface area (TPSA) is 47.0 Å². The van der Waals surface area contributed by atoms with Gasteiger partial charge >= 0.3 is 0 Å². The van der Waals surface area contributed by atoms with E-state index in [9.17, 15) is 10.1 Å². The summed E-state index contributed by atoms with van der Waals surface area (Å²) < 4.78 is 2.12. The number of pyridine rings is 1. The first-order chi connectivity index (χ1) is 11.6. The number of nitro groups is 1. The van der Waals surface area contributed by atoms with Gasteiger partial charge in [0.2, 0.25) is 11.2 Å². The molecule has 0 saturated carbocycles. The monoisotopic (exact) mass is 444 g/mol. The van der Waals surface area contributed by atoms with Gasteiger partial charge in [-0.15, -0.1) is 0 Å². The number of halogens is 1. The van der Waals surface area contributed by atoms with Crippen molar-refractivity contribution >= 4 is 28.2 Å². The van der Waals surface area contributed by atoms with Crippen LogP contribution in [-0.4, -0.2) is 4.92 Å². The first-order valence-corrected chi connectivity index (χ1v) is 7.57. The molecule has 0 radical (unpaired) electrons. The van der Waals surface area contributed by atoms with Crippen LogP contribution in [0.5, 0.6) is 0 Å². The second-order valence-electron chi connectivity index (χ2n) is 5.48. The number of allylic oxidation sites excluding steroid dienone is 2. The molecule has 3 aromatic rings. The number of nitro benzene ring substituents is 1. The first kappa shape index (κ1) is 18.8. The number of para-hydroxylation sites is 1. The van der Waals surface area contributed by atoms with Gasteiger partial charge in [-0.2, -0.15) is 4.57 Å². The summed E-state index contributed by atoms with van der Waals surface area (Å²) in [5.74, 6) is 0. The Morgan fingerprint density at radius 1 is 1.08 bits per heavy atom. The van der Waals surface area contributed by atoms with Crippen molar-refractivity contribution in [1.29, 1.82) is 0 Å². The molecule has 0 aliphatic rings. The number of hydrogen-bond acceptors (Lipinski definition) is 2. The van der Waals surface area contributed by atoms with Gasteiger partial charge in [-0.1, -0.05) is 24.8 Å². The molecule has 0 aliphatic heterocycles.